The summed E-state index contributed by atoms with van der Waals surface area (Å²) in [5, 5.41) is 15.3. The summed E-state index contributed by atoms with van der Waals surface area (Å²) < 4.78 is 5.58. The highest BCUT2D eigenvalue weighted by molar-refractivity contribution is 7.19. The number of carbonyl (C=O) groups is 1. The van der Waals surface area contributed by atoms with Gasteiger partial charge in [0.15, 0.2) is 5.13 Å². The molecule has 2 aromatic heterocycles. The molecule has 3 heterocycles. The maximum Gasteiger partial charge on any atom is 0.259 e. The smallest absolute Gasteiger partial charge is 0.259 e. The Morgan fingerprint density at radius 2 is 1.95 bits per heavy atom. The van der Waals surface area contributed by atoms with Gasteiger partial charge in [-0.25, -0.2) is 4.98 Å². The Bertz CT molecular complexity index is 1400. The van der Waals surface area contributed by atoms with Crippen LogP contribution in [0.2, 0.25) is 0 Å². The Morgan fingerprint density at radius 1 is 1.11 bits per heavy atom. The van der Waals surface area contributed by atoms with Crippen molar-refractivity contribution in [1.82, 2.24) is 25.4 Å². The van der Waals surface area contributed by atoms with Crippen molar-refractivity contribution in [3.63, 3.8) is 0 Å². The standard InChI is InChI=1S/C28H30N6O2S/c1-17-6-7-21(26(35)30-22-8-9-22)15-23(17)31-28-32-24(25(37-28)27-33-29-16-36-27)20-5-3-4-19(14-20)18-10-12-34(2)13-11-18/h3-7,14-16,18,22H,8-13H2,1-2H3,(H,30,35)(H,31,32). The number of aromatic nitrogens is 3. The number of hydrogen-bond acceptors (Lipinski definition) is 8. The highest BCUT2D eigenvalue weighted by atomic mass is 32.1. The first-order chi connectivity index (χ1) is 18.0. The molecule has 1 aliphatic heterocycles. The summed E-state index contributed by atoms with van der Waals surface area (Å²) in [4.78, 5) is 20.8. The molecule has 0 unspecified atom stereocenters. The number of thiazole rings is 1. The first-order valence-corrected chi connectivity index (χ1v) is 13.6. The van der Waals surface area contributed by atoms with E-state index in [2.05, 4.69) is 57.0 Å². The summed E-state index contributed by atoms with van der Waals surface area (Å²) in [5.41, 5.74) is 5.70. The van der Waals surface area contributed by atoms with Crippen molar-refractivity contribution in [2.24, 2.45) is 0 Å². The average Bonchev–Trinajstić information content (AvgIpc) is 3.37. The van der Waals surface area contributed by atoms with Crippen molar-refractivity contribution in [3.05, 3.63) is 65.5 Å². The zero-order chi connectivity index (χ0) is 25.4. The van der Waals surface area contributed by atoms with Crippen molar-refractivity contribution >= 4 is 28.1 Å². The third kappa shape index (κ3) is 5.28. The van der Waals surface area contributed by atoms with Gasteiger partial charge >= 0.3 is 0 Å². The van der Waals surface area contributed by atoms with Crippen molar-refractivity contribution in [1.29, 1.82) is 0 Å². The monoisotopic (exact) mass is 514 g/mol. The van der Waals surface area contributed by atoms with Crippen LogP contribution >= 0.6 is 11.3 Å². The van der Waals surface area contributed by atoms with Crippen LogP contribution in [0.25, 0.3) is 22.0 Å². The fourth-order valence-corrected chi connectivity index (χ4v) is 5.71. The van der Waals surface area contributed by atoms with E-state index in [9.17, 15) is 4.79 Å². The molecule has 8 nitrogen and oxygen atoms in total. The van der Waals surface area contributed by atoms with Gasteiger partial charge < -0.3 is 20.0 Å². The molecule has 9 heteroatoms. The Morgan fingerprint density at radius 3 is 2.70 bits per heavy atom. The van der Waals surface area contributed by atoms with E-state index in [-0.39, 0.29) is 5.91 Å². The van der Waals surface area contributed by atoms with Crippen LogP contribution in [0.3, 0.4) is 0 Å². The van der Waals surface area contributed by atoms with Crippen LogP contribution in [0.15, 0.2) is 53.3 Å². The van der Waals surface area contributed by atoms with Crippen molar-refractivity contribution in [2.75, 3.05) is 25.5 Å². The topological polar surface area (TPSA) is 96.2 Å². The summed E-state index contributed by atoms with van der Waals surface area (Å²) in [7, 11) is 2.18. The van der Waals surface area contributed by atoms with Crippen LogP contribution in [0.5, 0.6) is 0 Å². The maximum atomic E-state index is 12.6. The van der Waals surface area contributed by atoms with E-state index in [1.807, 2.05) is 25.1 Å². The number of nitrogens with one attached hydrogen (secondary N) is 2. The quantitative estimate of drug-likeness (QED) is 0.331. The molecule has 1 amide bonds. The molecule has 2 N–H and O–H groups in total. The second-order valence-corrected chi connectivity index (χ2v) is 11.0. The van der Waals surface area contributed by atoms with Crippen LogP contribution in [0.4, 0.5) is 10.8 Å². The fraction of sp³-hybridized carbons (Fsp3) is 0.357. The van der Waals surface area contributed by atoms with Crippen molar-refractivity contribution < 1.29 is 9.21 Å². The van der Waals surface area contributed by atoms with Gasteiger partial charge in [0.2, 0.25) is 6.39 Å². The van der Waals surface area contributed by atoms with Crippen LogP contribution in [-0.2, 0) is 0 Å². The summed E-state index contributed by atoms with van der Waals surface area (Å²) in [6, 6.07) is 14.7. The zero-order valence-electron chi connectivity index (χ0n) is 21.0. The number of anilines is 2. The largest absolute Gasteiger partial charge is 0.423 e. The van der Waals surface area contributed by atoms with Gasteiger partial charge in [-0.3, -0.25) is 4.79 Å². The maximum absolute atomic E-state index is 12.6. The second-order valence-electron chi connectivity index (χ2n) is 10.0. The molecule has 0 radical (unpaired) electrons. The lowest BCUT2D eigenvalue weighted by molar-refractivity contribution is 0.0951. The molecule has 0 atom stereocenters. The molecule has 190 valence electrons. The molecule has 6 rings (SSSR count). The number of hydrogen-bond donors (Lipinski definition) is 2. The Balaban J connectivity index is 1.32. The van der Waals surface area contributed by atoms with Crippen molar-refractivity contribution in [3.8, 4) is 22.0 Å². The van der Waals surface area contributed by atoms with E-state index in [1.54, 1.807) is 0 Å². The molecular weight excluding hydrogens is 484 g/mol. The van der Waals surface area contributed by atoms with Gasteiger partial charge in [0.05, 0.1) is 5.69 Å². The molecule has 1 saturated heterocycles. The molecule has 2 aliphatic rings. The molecular formula is C28H30N6O2S. The SMILES string of the molecule is Cc1ccc(C(=O)NC2CC2)cc1Nc1nc(-c2cccc(C3CCN(C)CC3)c2)c(-c2nnco2)s1. The molecule has 0 bridgehead atoms. The lowest BCUT2D eigenvalue weighted by Gasteiger charge is -2.29. The van der Waals surface area contributed by atoms with E-state index < -0.39 is 0 Å². The molecule has 4 aromatic rings. The van der Waals surface area contributed by atoms with Gasteiger partial charge in [0.25, 0.3) is 11.8 Å². The number of carbonyl (C=O) groups excluding carboxylic acids is 1. The van der Waals surface area contributed by atoms with E-state index in [0.29, 0.717) is 28.5 Å². The van der Waals surface area contributed by atoms with Crippen LogP contribution in [0, 0.1) is 6.92 Å². The predicted molar refractivity (Wildman–Crippen MR) is 145 cm³/mol. The molecule has 1 aliphatic carbocycles. The lowest BCUT2D eigenvalue weighted by atomic mass is 9.88. The predicted octanol–water partition coefficient (Wildman–Crippen LogP) is 5.61. The third-order valence-corrected chi connectivity index (χ3v) is 8.14. The Labute approximate surface area is 220 Å². The van der Waals surface area contributed by atoms with Crippen molar-refractivity contribution in [2.45, 2.75) is 44.6 Å². The minimum Gasteiger partial charge on any atom is -0.423 e. The minimum atomic E-state index is -0.0392. The van der Waals surface area contributed by atoms with Gasteiger partial charge in [0, 0.05) is 22.9 Å². The summed E-state index contributed by atoms with van der Waals surface area (Å²) in [6.45, 7) is 4.25. The van der Waals surface area contributed by atoms with Gasteiger partial charge in [-0.1, -0.05) is 35.6 Å². The van der Waals surface area contributed by atoms with Gasteiger partial charge in [-0.2, -0.15) is 0 Å². The first-order valence-electron chi connectivity index (χ1n) is 12.8. The van der Waals surface area contributed by atoms with Gasteiger partial charge in [0.1, 0.15) is 4.88 Å². The van der Waals surface area contributed by atoms with Crippen LogP contribution < -0.4 is 10.6 Å². The normalized spacial score (nSPS) is 16.6. The highest BCUT2D eigenvalue weighted by Gasteiger charge is 2.25. The van der Waals surface area contributed by atoms with E-state index in [0.717, 1.165) is 66.2 Å². The summed E-state index contributed by atoms with van der Waals surface area (Å²) >= 11 is 1.47. The fourth-order valence-electron chi connectivity index (χ4n) is 4.78. The number of aryl methyl sites for hydroxylation is 1. The number of piperidine rings is 1. The molecule has 1 saturated carbocycles. The first kappa shape index (κ1) is 23.8. The van der Waals surface area contributed by atoms with E-state index in [1.165, 1.54) is 23.3 Å². The highest BCUT2D eigenvalue weighted by Crippen LogP contribution is 2.40. The molecule has 2 aromatic carbocycles. The van der Waals surface area contributed by atoms with Crippen LogP contribution in [-0.4, -0.2) is 52.2 Å². The van der Waals surface area contributed by atoms with Crippen LogP contribution in [0.1, 0.15) is 53.1 Å². The Hall–Kier alpha value is -3.56. The second kappa shape index (κ2) is 10.1. The molecule has 2 fully saturated rings. The zero-order valence-corrected chi connectivity index (χ0v) is 21.8. The summed E-state index contributed by atoms with van der Waals surface area (Å²) in [6.07, 6.45) is 5.77. The minimum absolute atomic E-state index is 0.0392. The number of rotatable bonds is 7. The average molecular weight is 515 g/mol. The number of likely N-dealkylation sites (tertiary alicyclic amines) is 1. The molecule has 37 heavy (non-hydrogen) atoms. The Kier molecular flexibility index (Phi) is 6.48. The van der Waals surface area contributed by atoms with Gasteiger partial charge in [-0.05, 0) is 88.0 Å². The third-order valence-electron chi connectivity index (χ3n) is 7.19. The number of nitrogens with zero attached hydrogens (tertiary/aromatic N) is 4. The molecule has 0 spiro atoms. The van der Waals surface area contributed by atoms with E-state index >= 15 is 0 Å². The lowest BCUT2D eigenvalue weighted by Crippen LogP contribution is -2.29. The summed E-state index contributed by atoms with van der Waals surface area (Å²) in [5.74, 6) is 0.952. The van der Waals surface area contributed by atoms with E-state index in [4.69, 9.17) is 9.40 Å². The van der Waals surface area contributed by atoms with Gasteiger partial charge in [-0.15, -0.1) is 10.2 Å². The number of amides is 1. The number of benzene rings is 2.